The minimum atomic E-state index is -0.896. The van der Waals surface area contributed by atoms with Gasteiger partial charge in [0.25, 0.3) is 0 Å². The molecule has 2 aliphatic rings. The Morgan fingerprint density at radius 3 is 1.94 bits per heavy atom. The molecule has 0 spiro atoms. The molecule has 1 fully saturated rings. The Morgan fingerprint density at radius 2 is 1.56 bits per heavy atom. The second-order valence-corrected chi connectivity index (χ2v) is 4.81. The van der Waals surface area contributed by atoms with E-state index in [9.17, 15) is 14.4 Å². The van der Waals surface area contributed by atoms with Crippen LogP contribution in [0.3, 0.4) is 0 Å². The summed E-state index contributed by atoms with van der Waals surface area (Å²) in [6.07, 6.45) is 1.60. The monoisotopic (exact) mass is 248 g/mol. The van der Waals surface area contributed by atoms with Gasteiger partial charge in [0.05, 0.1) is 0 Å². The quantitative estimate of drug-likeness (QED) is 0.657. The van der Waals surface area contributed by atoms with Gasteiger partial charge in [0.15, 0.2) is 0 Å². The normalized spacial score (nSPS) is 22.6. The van der Waals surface area contributed by atoms with Crippen LogP contribution in [0.4, 0.5) is 4.79 Å². The third-order valence-electron chi connectivity index (χ3n) is 3.66. The molecule has 4 amide bonds. The van der Waals surface area contributed by atoms with Crippen molar-refractivity contribution in [1.29, 1.82) is 0 Å². The number of nitrogens with zero attached hydrogens (tertiary/aromatic N) is 2. The zero-order valence-electron chi connectivity index (χ0n) is 10.8. The van der Waals surface area contributed by atoms with Gasteiger partial charge < -0.3 is 0 Å². The van der Waals surface area contributed by atoms with E-state index in [4.69, 9.17) is 0 Å². The highest BCUT2D eigenvalue weighted by atomic mass is 16.2. The molecule has 0 unspecified atom stereocenters. The molecule has 1 saturated heterocycles. The fraction of sp³-hybridized carbons (Fsp3) is 0.462. The van der Waals surface area contributed by atoms with E-state index in [0.29, 0.717) is 0 Å². The van der Waals surface area contributed by atoms with E-state index < -0.39 is 23.8 Å². The smallest absolute Gasteiger partial charge is 0.273 e. The average Bonchev–Trinajstić information content (AvgIpc) is 2.66. The highest BCUT2D eigenvalue weighted by Crippen LogP contribution is 2.37. The first-order valence-electron chi connectivity index (χ1n) is 5.83. The number of imide groups is 2. The molecule has 0 aromatic rings. The SMILES string of the molecule is C=C1CCC(C)=C1C1C(=O)N(C)C(=O)N(C)C1=O. The first kappa shape index (κ1) is 12.5. The van der Waals surface area contributed by atoms with E-state index in [-0.39, 0.29) is 0 Å². The van der Waals surface area contributed by atoms with Crippen molar-refractivity contribution in [2.75, 3.05) is 14.1 Å². The maximum atomic E-state index is 12.2. The van der Waals surface area contributed by atoms with Crippen molar-refractivity contribution in [2.24, 2.45) is 5.92 Å². The first-order chi connectivity index (χ1) is 8.36. The second-order valence-electron chi connectivity index (χ2n) is 4.81. The number of urea groups is 1. The van der Waals surface area contributed by atoms with Crippen LogP contribution in [0.5, 0.6) is 0 Å². The minimum absolute atomic E-state index is 0.458. The van der Waals surface area contributed by atoms with Crippen LogP contribution in [0, 0.1) is 5.92 Å². The molecule has 5 nitrogen and oxygen atoms in total. The Kier molecular flexibility index (Phi) is 2.84. The van der Waals surface area contributed by atoms with Gasteiger partial charge in [-0.2, -0.15) is 0 Å². The Balaban J connectivity index is 2.47. The molecule has 0 aromatic carbocycles. The van der Waals surface area contributed by atoms with Crippen molar-refractivity contribution in [1.82, 2.24) is 9.80 Å². The second kappa shape index (κ2) is 4.08. The van der Waals surface area contributed by atoms with Crippen LogP contribution in [0.25, 0.3) is 0 Å². The van der Waals surface area contributed by atoms with E-state index in [0.717, 1.165) is 39.4 Å². The van der Waals surface area contributed by atoms with E-state index in [2.05, 4.69) is 6.58 Å². The lowest BCUT2D eigenvalue weighted by Crippen LogP contribution is -2.57. The summed E-state index contributed by atoms with van der Waals surface area (Å²) in [6.45, 7) is 5.82. The molecule has 1 heterocycles. The summed E-state index contributed by atoms with van der Waals surface area (Å²) in [4.78, 5) is 37.9. The molecule has 96 valence electrons. The highest BCUT2D eigenvalue weighted by molar-refractivity contribution is 6.17. The fourth-order valence-corrected chi connectivity index (χ4v) is 2.51. The zero-order chi connectivity index (χ0) is 13.6. The van der Waals surface area contributed by atoms with Crippen molar-refractivity contribution in [2.45, 2.75) is 19.8 Å². The molecule has 1 aliphatic heterocycles. The van der Waals surface area contributed by atoms with Crippen molar-refractivity contribution in [3.05, 3.63) is 23.3 Å². The van der Waals surface area contributed by atoms with E-state index in [1.807, 2.05) is 6.92 Å². The fourth-order valence-electron chi connectivity index (χ4n) is 2.51. The van der Waals surface area contributed by atoms with Crippen molar-refractivity contribution < 1.29 is 14.4 Å². The van der Waals surface area contributed by atoms with Gasteiger partial charge in [-0.25, -0.2) is 4.79 Å². The molecule has 0 saturated carbocycles. The van der Waals surface area contributed by atoms with Gasteiger partial charge in [-0.1, -0.05) is 17.7 Å². The molecule has 0 N–H and O–H groups in total. The van der Waals surface area contributed by atoms with E-state index in [1.165, 1.54) is 14.1 Å². The molecule has 2 rings (SSSR count). The molecule has 5 heteroatoms. The van der Waals surface area contributed by atoms with Gasteiger partial charge in [0, 0.05) is 14.1 Å². The largest absolute Gasteiger partial charge is 0.332 e. The number of rotatable bonds is 1. The number of barbiturate groups is 1. The standard InChI is InChI=1S/C13H16N2O3/c1-7-5-6-8(2)9(7)10-11(16)14(3)13(18)15(4)12(10)17/h10H,1,5-6H2,2-4H3. The maximum absolute atomic E-state index is 12.2. The lowest BCUT2D eigenvalue weighted by Gasteiger charge is -2.34. The summed E-state index contributed by atoms with van der Waals surface area (Å²) < 4.78 is 0. The minimum Gasteiger partial charge on any atom is -0.273 e. The van der Waals surface area contributed by atoms with Crippen LogP contribution in [0.2, 0.25) is 0 Å². The predicted molar refractivity (Wildman–Crippen MR) is 65.5 cm³/mol. The number of hydrogen-bond acceptors (Lipinski definition) is 3. The maximum Gasteiger partial charge on any atom is 0.332 e. The van der Waals surface area contributed by atoms with Gasteiger partial charge in [-0.05, 0) is 25.3 Å². The number of carbonyl (C=O) groups is 3. The number of carbonyl (C=O) groups excluding carboxylic acids is 3. The molecular formula is C13H16N2O3. The summed E-state index contributed by atoms with van der Waals surface area (Å²) >= 11 is 0. The third-order valence-corrected chi connectivity index (χ3v) is 3.66. The number of hydrogen-bond donors (Lipinski definition) is 0. The molecule has 0 aromatic heterocycles. The van der Waals surface area contributed by atoms with Crippen LogP contribution in [0.1, 0.15) is 19.8 Å². The Labute approximate surface area is 106 Å². The summed E-state index contributed by atoms with van der Waals surface area (Å²) in [7, 11) is 2.79. The lowest BCUT2D eigenvalue weighted by atomic mass is 9.89. The molecular weight excluding hydrogens is 232 g/mol. The highest BCUT2D eigenvalue weighted by Gasteiger charge is 2.45. The van der Waals surface area contributed by atoms with Crippen LogP contribution in [0.15, 0.2) is 23.3 Å². The lowest BCUT2D eigenvalue weighted by molar-refractivity contribution is -0.145. The van der Waals surface area contributed by atoms with Crippen LogP contribution < -0.4 is 0 Å². The van der Waals surface area contributed by atoms with Gasteiger partial charge in [-0.3, -0.25) is 19.4 Å². The van der Waals surface area contributed by atoms with Gasteiger partial charge in [-0.15, -0.1) is 0 Å². The zero-order valence-corrected chi connectivity index (χ0v) is 10.8. The summed E-state index contributed by atoms with van der Waals surface area (Å²) in [5.74, 6) is -1.81. The van der Waals surface area contributed by atoms with Gasteiger partial charge in [0.2, 0.25) is 11.8 Å². The van der Waals surface area contributed by atoms with Crippen LogP contribution in [-0.2, 0) is 9.59 Å². The van der Waals surface area contributed by atoms with Gasteiger partial charge in [0.1, 0.15) is 5.92 Å². The topological polar surface area (TPSA) is 57.7 Å². The predicted octanol–water partition coefficient (Wildman–Crippen LogP) is 1.32. The van der Waals surface area contributed by atoms with E-state index in [1.54, 1.807) is 0 Å². The summed E-state index contributed by atoms with van der Waals surface area (Å²) in [5, 5.41) is 0. The first-order valence-corrected chi connectivity index (χ1v) is 5.83. The molecule has 0 radical (unpaired) electrons. The Hall–Kier alpha value is -1.91. The number of amides is 4. The van der Waals surface area contributed by atoms with E-state index >= 15 is 0 Å². The van der Waals surface area contributed by atoms with Crippen LogP contribution >= 0.6 is 0 Å². The number of allylic oxidation sites excluding steroid dienone is 2. The summed E-state index contributed by atoms with van der Waals surface area (Å²) in [6, 6.07) is -0.580. The van der Waals surface area contributed by atoms with Crippen LogP contribution in [-0.4, -0.2) is 41.7 Å². The molecule has 0 atom stereocenters. The molecule has 1 aliphatic carbocycles. The Bertz CT molecular complexity index is 480. The van der Waals surface area contributed by atoms with Gasteiger partial charge >= 0.3 is 6.03 Å². The van der Waals surface area contributed by atoms with Crippen molar-refractivity contribution in [3.8, 4) is 0 Å². The summed E-state index contributed by atoms with van der Waals surface area (Å²) in [5.41, 5.74) is 2.56. The average molecular weight is 248 g/mol. The molecule has 0 bridgehead atoms. The third kappa shape index (κ3) is 1.58. The van der Waals surface area contributed by atoms with Crippen molar-refractivity contribution >= 4 is 17.8 Å². The molecule has 18 heavy (non-hydrogen) atoms. The Morgan fingerprint density at radius 1 is 1.06 bits per heavy atom. The van der Waals surface area contributed by atoms with Crippen molar-refractivity contribution in [3.63, 3.8) is 0 Å².